The molecular formula is C18H18BrClN2O3S. The van der Waals surface area contributed by atoms with Crippen molar-refractivity contribution in [2.24, 2.45) is 5.92 Å². The second-order valence-corrected chi connectivity index (χ2v) is 9.27. The number of carbonyl (C=O) groups excluding carboxylic acids is 1. The molecule has 1 aliphatic carbocycles. The van der Waals surface area contributed by atoms with Crippen molar-refractivity contribution < 1.29 is 13.2 Å². The van der Waals surface area contributed by atoms with Crippen LogP contribution in [0.4, 0.5) is 0 Å². The highest BCUT2D eigenvalue weighted by Gasteiger charge is 2.43. The van der Waals surface area contributed by atoms with Crippen LogP contribution in [0.1, 0.15) is 17.9 Å². The van der Waals surface area contributed by atoms with Gasteiger partial charge >= 0.3 is 0 Å². The van der Waals surface area contributed by atoms with E-state index in [2.05, 4.69) is 26.0 Å². The first-order valence-electron chi connectivity index (χ1n) is 8.15. The van der Waals surface area contributed by atoms with E-state index in [1.807, 2.05) is 24.3 Å². The van der Waals surface area contributed by atoms with Gasteiger partial charge in [0.05, 0.1) is 4.90 Å². The van der Waals surface area contributed by atoms with Gasteiger partial charge in [0.1, 0.15) is 0 Å². The highest BCUT2D eigenvalue weighted by atomic mass is 79.9. The molecule has 0 aliphatic heterocycles. The Hall–Kier alpha value is -1.41. The summed E-state index contributed by atoms with van der Waals surface area (Å²) in [5.74, 6) is 0.140. The van der Waals surface area contributed by atoms with Gasteiger partial charge in [0, 0.05) is 28.5 Å². The quantitative estimate of drug-likeness (QED) is 0.627. The van der Waals surface area contributed by atoms with Crippen molar-refractivity contribution >= 4 is 43.5 Å². The van der Waals surface area contributed by atoms with Crippen molar-refractivity contribution in [1.82, 2.24) is 10.0 Å². The zero-order valence-corrected chi connectivity index (χ0v) is 16.9. The van der Waals surface area contributed by atoms with Gasteiger partial charge in [0.2, 0.25) is 15.9 Å². The van der Waals surface area contributed by atoms with Gasteiger partial charge in [-0.25, -0.2) is 13.1 Å². The maximum Gasteiger partial charge on any atom is 0.240 e. The Labute approximate surface area is 166 Å². The van der Waals surface area contributed by atoms with Crippen molar-refractivity contribution in [3.63, 3.8) is 0 Å². The molecule has 26 heavy (non-hydrogen) atoms. The average Bonchev–Trinajstić information content (AvgIpc) is 3.39. The second-order valence-electron chi connectivity index (χ2n) is 6.15. The van der Waals surface area contributed by atoms with Gasteiger partial charge in [0.15, 0.2) is 0 Å². The summed E-state index contributed by atoms with van der Waals surface area (Å²) in [5.41, 5.74) is 1.14. The van der Waals surface area contributed by atoms with Crippen LogP contribution in [-0.4, -0.2) is 27.4 Å². The molecule has 1 aliphatic rings. The fourth-order valence-electron chi connectivity index (χ4n) is 2.81. The van der Waals surface area contributed by atoms with Crippen molar-refractivity contribution in [1.29, 1.82) is 0 Å². The Morgan fingerprint density at radius 1 is 1.15 bits per heavy atom. The third-order valence-corrected chi connectivity index (χ3v) is 6.41. The minimum absolute atomic E-state index is 0.0445. The molecule has 0 radical (unpaired) electrons. The Kier molecular flexibility index (Phi) is 6.02. The van der Waals surface area contributed by atoms with Crippen molar-refractivity contribution in [3.05, 3.63) is 63.6 Å². The lowest BCUT2D eigenvalue weighted by Crippen LogP contribution is -2.35. The molecule has 1 fully saturated rings. The topological polar surface area (TPSA) is 75.3 Å². The van der Waals surface area contributed by atoms with Crippen LogP contribution in [0.5, 0.6) is 0 Å². The molecule has 1 saturated carbocycles. The molecule has 0 heterocycles. The van der Waals surface area contributed by atoms with Gasteiger partial charge < -0.3 is 5.32 Å². The number of halogens is 2. The van der Waals surface area contributed by atoms with E-state index in [1.54, 1.807) is 12.1 Å². The monoisotopic (exact) mass is 456 g/mol. The molecule has 2 aromatic rings. The number of amides is 1. The van der Waals surface area contributed by atoms with Crippen LogP contribution in [0, 0.1) is 5.92 Å². The zero-order chi connectivity index (χ0) is 18.7. The molecule has 138 valence electrons. The third kappa shape index (κ3) is 4.85. The summed E-state index contributed by atoms with van der Waals surface area (Å²) in [7, 11) is -3.63. The van der Waals surface area contributed by atoms with Gasteiger partial charge in [-0.3, -0.25) is 4.79 Å². The summed E-state index contributed by atoms with van der Waals surface area (Å²) in [5, 5.41) is 3.15. The molecular weight excluding hydrogens is 440 g/mol. The smallest absolute Gasteiger partial charge is 0.240 e. The highest BCUT2D eigenvalue weighted by Crippen LogP contribution is 2.47. The lowest BCUT2D eigenvalue weighted by Gasteiger charge is -2.08. The van der Waals surface area contributed by atoms with Crippen LogP contribution in [0.25, 0.3) is 0 Å². The van der Waals surface area contributed by atoms with Crippen molar-refractivity contribution in [2.75, 3.05) is 13.1 Å². The molecule has 2 atom stereocenters. The summed E-state index contributed by atoms with van der Waals surface area (Å²) in [4.78, 5) is 12.3. The number of hydrogen-bond donors (Lipinski definition) is 2. The molecule has 0 saturated heterocycles. The van der Waals surface area contributed by atoms with Crippen molar-refractivity contribution in [2.45, 2.75) is 17.2 Å². The lowest BCUT2D eigenvalue weighted by molar-refractivity contribution is -0.122. The molecule has 0 bridgehead atoms. The number of rotatable bonds is 7. The first kappa shape index (κ1) is 19.4. The van der Waals surface area contributed by atoms with Crippen LogP contribution in [0.15, 0.2) is 57.9 Å². The van der Waals surface area contributed by atoms with Gasteiger partial charge in [-0.05, 0) is 48.2 Å². The Morgan fingerprint density at radius 3 is 2.65 bits per heavy atom. The van der Waals surface area contributed by atoms with E-state index in [0.717, 1.165) is 16.5 Å². The first-order chi connectivity index (χ1) is 12.4. The number of carbonyl (C=O) groups is 1. The third-order valence-electron chi connectivity index (χ3n) is 4.23. The van der Waals surface area contributed by atoms with Gasteiger partial charge in [-0.1, -0.05) is 45.7 Å². The largest absolute Gasteiger partial charge is 0.355 e. The van der Waals surface area contributed by atoms with Gasteiger partial charge in [-0.15, -0.1) is 0 Å². The Morgan fingerprint density at radius 2 is 1.92 bits per heavy atom. The van der Waals surface area contributed by atoms with E-state index in [-0.39, 0.29) is 35.7 Å². The predicted molar refractivity (Wildman–Crippen MR) is 105 cm³/mol. The standard InChI is InChI=1S/C18H18BrClN2O3S/c19-13-4-1-3-12(9-13)16-11-17(16)18(23)21-7-8-22-26(24,25)15-6-2-5-14(20)10-15/h1-6,9-10,16-17,22H,7-8,11H2,(H,21,23). The number of sulfonamides is 1. The minimum Gasteiger partial charge on any atom is -0.355 e. The summed E-state index contributed by atoms with van der Waals surface area (Å²) in [6.45, 7) is 0.356. The Bertz CT molecular complexity index is 920. The van der Waals surface area contributed by atoms with Crippen LogP contribution in [-0.2, 0) is 14.8 Å². The van der Waals surface area contributed by atoms with E-state index in [1.165, 1.54) is 12.1 Å². The molecule has 2 N–H and O–H groups in total. The molecule has 0 spiro atoms. The molecule has 2 unspecified atom stereocenters. The number of benzene rings is 2. The van der Waals surface area contributed by atoms with E-state index < -0.39 is 10.0 Å². The fraction of sp³-hybridized carbons (Fsp3) is 0.278. The molecule has 8 heteroatoms. The van der Waals surface area contributed by atoms with Crippen LogP contribution < -0.4 is 10.0 Å². The molecule has 0 aromatic heterocycles. The SMILES string of the molecule is O=C(NCCNS(=O)(=O)c1cccc(Cl)c1)C1CC1c1cccc(Br)c1. The highest BCUT2D eigenvalue weighted by molar-refractivity contribution is 9.10. The predicted octanol–water partition coefficient (Wildman–Crippen LogP) is 3.30. The molecule has 5 nitrogen and oxygen atoms in total. The Balaban J connectivity index is 1.45. The molecule has 3 rings (SSSR count). The summed E-state index contributed by atoms with van der Waals surface area (Å²) in [6, 6.07) is 14.0. The zero-order valence-electron chi connectivity index (χ0n) is 13.8. The molecule has 2 aromatic carbocycles. The second kappa shape index (κ2) is 8.08. The average molecular weight is 458 g/mol. The summed E-state index contributed by atoms with van der Waals surface area (Å²) < 4.78 is 27.8. The van der Waals surface area contributed by atoms with Crippen molar-refractivity contribution in [3.8, 4) is 0 Å². The van der Waals surface area contributed by atoms with E-state index >= 15 is 0 Å². The minimum atomic E-state index is -3.63. The maximum absolute atomic E-state index is 12.2. The van der Waals surface area contributed by atoms with Crippen LogP contribution in [0.2, 0.25) is 5.02 Å². The lowest BCUT2D eigenvalue weighted by atomic mass is 10.1. The van der Waals surface area contributed by atoms with Crippen LogP contribution >= 0.6 is 27.5 Å². The van der Waals surface area contributed by atoms with E-state index in [0.29, 0.717) is 5.02 Å². The summed E-state index contributed by atoms with van der Waals surface area (Å²) >= 11 is 9.25. The number of hydrogen-bond acceptors (Lipinski definition) is 3. The van der Waals surface area contributed by atoms with E-state index in [4.69, 9.17) is 11.6 Å². The summed E-state index contributed by atoms with van der Waals surface area (Å²) in [6.07, 6.45) is 0.816. The normalized spacial score (nSPS) is 19.2. The first-order valence-corrected chi connectivity index (χ1v) is 10.8. The fourth-order valence-corrected chi connectivity index (χ4v) is 4.56. The molecule has 1 amide bonds. The maximum atomic E-state index is 12.2. The van der Waals surface area contributed by atoms with Gasteiger partial charge in [0.25, 0.3) is 0 Å². The van der Waals surface area contributed by atoms with E-state index in [9.17, 15) is 13.2 Å². The van der Waals surface area contributed by atoms with Gasteiger partial charge in [-0.2, -0.15) is 0 Å². The number of nitrogens with one attached hydrogen (secondary N) is 2. The van der Waals surface area contributed by atoms with Crippen LogP contribution in [0.3, 0.4) is 0 Å².